The Balaban J connectivity index is 1.90. The Morgan fingerprint density at radius 2 is 1.54 bits per heavy atom. The molecule has 1 aliphatic carbocycles. The van der Waals surface area contributed by atoms with Gasteiger partial charge in [-0.1, -0.05) is 55.0 Å². The van der Waals surface area contributed by atoms with Gasteiger partial charge in [0.1, 0.15) is 0 Å². The second-order valence-electron chi connectivity index (χ2n) is 6.39. The summed E-state index contributed by atoms with van der Waals surface area (Å²) in [5.41, 5.74) is 12.2. The van der Waals surface area contributed by atoms with Gasteiger partial charge in [0, 0.05) is 11.5 Å². The molecule has 0 saturated heterocycles. The Kier molecular flexibility index (Phi) is 4.66. The molecule has 0 aromatic heterocycles. The highest BCUT2D eigenvalue weighted by atomic mass is 15.3. The van der Waals surface area contributed by atoms with Gasteiger partial charge in [-0.15, -0.1) is 0 Å². The molecule has 0 aliphatic heterocycles. The predicted octanol–water partition coefficient (Wildman–Crippen LogP) is 5.89. The van der Waals surface area contributed by atoms with Crippen LogP contribution in [0.15, 0.2) is 76.4 Å². The molecule has 0 fully saturated rings. The molecule has 0 saturated carbocycles. The van der Waals surface area contributed by atoms with Crippen LogP contribution in [0.5, 0.6) is 0 Å². The lowest BCUT2D eigenvalue weighted by Gasteiger charge is -2.15. The van der Waals surface area contributed by atoms with Gasteiger partial charge in [0.05, 0.1) is 11.9 Å². The van der Waals surface area contributed by atoms with E-state index in [9.17, 15) is 0 Å². The van der Waals surface area contributed by atoms with Gasteiger partial charge < -0.3 is 0 Å². The minimum absolute atomic E-state index is 0.460. The Morgan fingerprint density at radius 1 is 0.875 bits per heavy atom. The lowest BCUT2D eigenvalue weighted by molar-refractivity contribution is 0.895. The van der Waals surface area contributed by atoms with Crippen molar-refractivity contribution in [3.8, 4) is 0 Å². The summed E-state index contributed by atoms with van der Waals surface area (Å²) in [5.74, 6) is 0.460. The second-order valence-corrected chi connectivity index (χ2v) is 6.39. The average Bonchev–Trinajstić information content (AvgIpc) is 2.80. The molecule has 2 aromatic carbocycles. The topological polar surface area (TPSA) is 24.4 Å². The third-order valence-corrected chi connectivity index (χ3v) is 5.06. The molecular formula is C22H24N2. The van der Waals surface area contributed by atoms with Crippen molar-refractivity contribution < 1.29 is 0 Å². The monoisotopic (exact) mass is 316 g/mol. The highest BCUT2D eigenvalue weighted by Crippen LogP contribution is 2.42. The number of hydrogen-bond acceptors (Lipinski definition) is 2. The van der Waals surface area contributed by atoms with E-state index in [1.807, 2.05) is 36.5 Å². The van der Waals surface area contributed by atoms with Crippen molar-refractivity contribution in [1.29, 1.82) is 0 Å². The van der Waals surface area contributed by atoms with Gasteiger partial charge in [-0.25, -0.2) is 0 Å². The van der Waals surface area contributed by atoms with E-state index in [1.165, 1.54) is 27.9 Å². The SMILES string of the molecule is CC1=C(C)C(C)C(c2ccccc2/C=N/Nc2ccccc2)=C1C. The van der Waals surface area contributed by atoms with Crippen LogP contribution in [0.3, 0.4) is 0 Å². The van der Waals surface area contributed by atoms with Crippen LogP contribution in [-0.4, -0.2) is 6.21 Å². The first-order valence-corrected chi connectivity index (χ1v) is 8.41. The maximum absolute atomic E-state index is 4.42. The third kappa shape index (κ3) is 3.05. The zero-order chi connectivity index (χ0) is 17.1. The number of allylic oxidation sites excluding steroid dienone is 4. The summed E-state index contributed by atoms with van der Waals surface area (Å²) in [6.45, 7) is 8.99. The Labute approximate surface area is 144 Å². The number of nitrogens with one attached hydrogen (secondary N) is 1. The summed E-state index contributed by atoms with van der Waals surface area (Å²) < 4.78 is 0. The lowest BCUT2D eigenvalue weighted by atomic mass is 9.89. The largest absolute Gasteiger partial charge is 0.279 e. The van der Waals surface area contributed by atoms with E-state index in [4.69, 9.17) is 0 Å². The lowest BCUT2D eigenvalue weighted by Crippen LogP contribution is -2.01. The molecule has 0 heterocycles. The number of rotatable bonds is 4. The molecule has 1 aliphatic rings. The van der Waals surface area contributed by atoms with Crippen molar-refractivity contribution in [3.05, 3.63) is 82.4 Å². The van der Waals surface area contributed by atoms with Crippen molar-refractivity contribution in [3.63, 3.8) is 0 Å². The van der Waals surface area contributed by atoms with Crippen LogP contribution in [0.25, 0.3) is 5.57 Å². The number of benzene rings is 2. The minimum Gasteiger partial charge on any atom is -0.279 e. The van der Waals surface area contributed by atoms with Crippen LogP contribution in [0.4, 0.5) is 5.69 Å². The van der Waals surface area contributed by atoms with E-state index in [-0.39, 0.29) is 0 Å². The summed E-state index contributed by atoms with van der Waals surface area (Å²) in [5, 5.41) is 4.42. The molecule has 24 heavy (non-hydrogen) atoms. The third-order valence-electron chi connectivity index (χ3n) is 5.06. The first kappa shape index (κ1) is 16.3. The van der Waals surface area contributed by atoms with E-state index in [2.05, 4.69) is 62.5 Å². The zero-order valence-corrected chi connectivity index (χ0v) is 14.8. The summed E-state index contributed by atoms with van der Waals surface area (Å²) >= 11 is 0. The number of para-hydroxylation sites is 1. The Bertz CT molecular complexity index is 826. The summed E-state index contributed by atoms with van der Waals surface area (Å²) in [6, 6.07) is 18.5. The maximum Gasteiger partial charge on any atom is 0.0561 e. The number of nitrogens with zero attached hydrogens (tertiary/aromatic N) is 1. The van der Waals surface area contributed by atoms with Gasteiger partial charge in [0.25, 0.3) is 0 Å². The van der Waals surface area contributed by atoms with E-state index in [1.54, 1.807) is 0 Å². The number of hydrogen-bond donors (Lipinski definition) is 1. The zero-order valence-electron chi connectivity index (χ0n) is 14.8. The second kappa shape index (κ2) is 6.88. The van der Waals surface area contributed by atoms with E-state index in [0.717, 1.165) is 11.3 Å². The molecule has 122 valence electrons. The standard InChI is InChI=1S/C22H24N2/c1-15-16(2)18(4)22(17(15)3)21-13-9-8-10-19(21)14-23-24-20-11-6-5-7-12-20/h5-14,17,24H,1-4H3/b23-14+. The van der Waals surface area contributed by atoms with Crippen LogP contribution in [0, 0.1) is 5.92 Å². The fraction of sp³-hybridized carbons (Fsp3) is 0.227. The molecular weight excluding hydrogens is 292 g/mol. The minimum atomic E-state index is 0.460. The van der Waals surface area contributed by atoms with Gasteiger partial charge in [-0.2, -0.15) is 5.10 Å². The fourth-order valence-electron chi connectivity index (χ4n) is 3.34. The Morgan fingerprint density at radius 3 is 2.21 bits per heavy atom. The van der Waals surface area contributed by atoms with Crippen LogP contribution < -0.4 is 5.43 Å². The molecule has 0 radical (unpaired) electrons. The molecule has 0 spiro atoms. The van der Waals surface area contributed by atoms with E-state index >= 15 is 0 Å². The number of anilines is 1. The maximum atomic E-state index is 4.42. The Hall–Kier alpha value is -2.61. The van der Waals surface area contributed by atoms with Crippen LogP contribution in [-0.2, 0) is 0 Å². The van der Waals surface area contributed by atoms with Gasteiger partial charge >= 0.3 is 0 Å². The quantitative estimate of drug-likeness (QED) is 0.552. The van der Waals surface area contributed by atoms with Crippen LogP contribution in [0.2, 0.25) is 0 Å². The summed E-state index contributed by atoms with van der Waals surface area (Å²) in [4.78, 5) is 0. The van der Waals surface area contributed by atoms with Crippen molar-refractivity contribution >= 4 is 17.5 Å². The van der Waals surface area contributed by atoms with Crippen molar-refractivity contribution in [2.24, 2.45) is 11.0 Å². The predicted molar refractivity (Wildman–Crippen MR) is 104 cm³/mol. The highest BCUT2D eigenvalue weighted by molar-refractivity contribution is 5.92. The van der Waals surface area contributed by atoms with Gasteiger partial charge in [0.15, 0.2) is 0 Å². The van der Waals surface area contributed by atoms with Crippen molar-refractivity contribution in [2.75, 3.05) is 5.43 Å². The van der Waals surface area contributed by atoms with Gasteiger partial charge in [0.2, 0.25) is 0 Å². The van der Waals surface area contributed by atoms with Crippen molar-refractivity contribution in [2.45, 2.75) is 27.7 Å². The van der Waals surface area contributed by atoms with E-state index < -0.39 is 0 Å². The molecule has 3 rings (SSSR count). The normalized spacial score (nSPS) is 17.9. The summed E-state index contributed by atoms with van der Waals surface area (Å²) in [6.07, 6.45) is 1.92. The van der Waals surface area contributed by atoms with Gasteiger partial charge in [-0.05, 0) is 55.2 Å². The van der Waals surface area contributed by atoms with Gasteiger partial charge in [-0.3, -0.25) is 5.43 Å². The molecule has 1 N–H and O–H groups in total. The van der Waals surface area contributed by atoms with Crippen LogP contribution in [0.1, 0.15) is 38.8 Å². The molecule has 2 heteroatoms. The fourth-order valence-corrected chi connectivity index (χ4v) is 3.34. The smallest absolute Gasteiger partial charge is 0.0561 e. The first-order valence-electron chi connectivity index (χ1n) is 8.41. The molecule has 0 bridgehead atoms. The van der Waals surface area contributed by atoms with Crippen molar-refractivity contribution in [1.82, 2.24) is 0 Å². The highest BCUT2D eigenvalue weighted by Gasteiger charge is 2.25. The average molecular weight is 316 g/mol. The van der Waals surface area contributed by atoms with Crippen LogP contribution >= 0.6 is 0 Å². The first-order chi connectivity index (χ1) is 11.6. The molecule has 0 amide bonds. The molecule has 2 nitrogen and oxygen atoms in total. The summed E-state index contributed by atoms with van der Waals surface area (Å²) in [7, 11) is 0. The molecule has 2 aromatic rings. The molecule has 1 atom stereocenters. The van der Waals surface area contributed by atoms with E-state index in [0.29, 0.717) is 5.92 Å². The molecule has 1 unspecified atom stereocenters. The number of hydrazone groups is 1.